The first kappa shape index (κ1) is 13.0. The molecule has 6 heteroatoms. The van der Waals surface area contributed by atoms with Gasteiger partial charge in [-0.15, -0.1) is 11.3 Å². The second-order valence-electron chi connectivity index (χ2n) is 4.09. The molecule has 2 amide bonds. The van der Waals surface area contributed by atoms with Gasteiger partial charge in [0.1, 0.15) is 10.8 Å². The maximum atomic E-state index is 13.2. The van der Waals surface area contributed by atoms with Crippen molar-refractivity contribution in [1.29, 1.82) is 0 Å². The number of anilines is 1. The van der Waals surface area contributed by atoms with Gasteiger partial charge in [0, 0.05) is 4.88 Å². The summed E-state index contributed by atoms with van der Waals surface area (Å²) in [5.41, 5.74) is 0.334. The van der Waals surface area contributed by atoms with E-state index in [0.29, 0.717) is 4.88 Å². The van der Waals surface area contributed by atoms with Crippen LogP contribution in [0.1, 0.15) is 4.88 Å². The number of nitrogens with zero attached hydrogens (tertiary/aromatic N) is 1. The van der Waals surface area contributed by atoms with E-state index in [0.717, 1.165) is 11.0 Å². The number of imide groups is 1. The van der Waals surface area contributed by atoms with Crippen LogP contribution in [0, 0.1) is 5.82 Å². The van der Waals surface area contributed by atoms with Crippen molar-refractivity contribution in [2.45, 2.75) is 0 Å². The lowest BCUT2D eigenvalue weighted by atomic mass is 10.2. The molecular weight excluding hydrogens is 301 g/mol. The number of hydrogen-bond donors (Lipinski definition) is 0. The third-order valence-electron chi connectivity index (χ3n) is 2.86. The highest BCUT2D eigenvalue weighted by atomic mass is 35.5. The monoisotopic (exact) mass is 307 g/mol. The molecule has 0 unspecified atom stereocenters. The summed E-state index contributed by atoms with van der Waals surface area (Å²) in [6.07, 6.45) is 0. The summed E-state index contributed by atoms with van der Waals surface area (Å²) in [7, 11) is 0. The van der Waals surface area contributed by atoms with E-state index < -0.39 is 17.6 Å². The van der Waals surface area contributed by atoms with Crippen LogP contribution < -0.4 is 4.90 Å². The Morgan fingerprint density at radius 3 is 2.55 bits per heavy atom. The minimum absolute atomic E-state index is 0.137. The molecule has 0 saturated carbocycles. The maximum Gasteiger partial charge on any atom is 0.277 e. The Labute approximate surface area is 122 Å². The van der Waals surface area contributed by atoms with Gasteiger partial charge < -0.3 is 0 Å². The molecule has 100 valence electrons. The molecule has 0 fully saturated rings. The Balaban J connectivity index is 2.07. The molecule has 3 rings (SSSR count). The van der Waals surface area contributed by atoms with Gasteiger partial charge in [0.05, 0.1) is 11.3 Å². The first-order chi connectivity index (χ1) is 9.59. The predicted molar refractivity (Wildman–Crippen MR) is 76.0 cm³/mol. The molecular formula is C14H7ClFNO2S. The fourth-order valence-corrected chi connectivity index (χ4v) is 3.08. The zero-order valence-electron chi connectivity index (χ0n) is 9.97. The summed E-state index contributed by atoms with van der Waals surface area (Å²) in [6.45, 7) is 0. The van der Waals surface area contributed by atoms with Crippen molar-refractivity contribution >= 4 is 46.0 Å². The summed E-state index contributed by atoms with van der Waals surface area (Å²) in [5, 5.41) is 1.65. The van der Waals surface area contributed by atoms with Crippen LogP contribution in [0.25, 0.3) is 5.57 Å². The van der Waals surface area contributed by atoms with Gasteiger partial charge in [0.2, 0.25) is 0 Å². The summed E-state index contributed by atoms with van der Waals surface area (Å²) in [5.74, 6) is -1.69. The maximum absolute atomic E-state index is 13.2. The Hall–Kier alpha value is -1.98. The van der Waals surface area contributed by atoms with Crippen LogP contribution in [-0.4, -0.2) is 11.8 Å². The molecule has 1 aliphatic rings. The van der Waals surface area contributed by atoms with Gasteiger partial charge in [-0.05, 0) is 29.6 Å². The van der Waals surface area contributed by atoms with Crippen molar-refractivity contribution in [2.75, 3.05) is 4.90 Å². The first-order valence-electron chi connectivity index (χ1n) is 5.67. The van der Waals surface area contributed by atoms with E-state index in [-0.39, 0.29) is 16.3 Å². The number of amides is 2. The summed E-state index contributed by atoms with van der Waals surface area (Å²) < 4.78 is 13.2. The van der Waals surface area contributed by atoms with Crippen LogP contribution in [0.3, 0.4) is 0 Å². The number of benzene rings is 1. The van der Waals surface area contributed by atoms with Crippen LogP contribution in [-0.2, 0) is 9.59 Å². The van der Waals surface area contributed by atoms with Gasteiger partial charge >= 0.3 is 0 Å². The van der Waals surface area contributed by atoms with Gasteiger partial charge in [-0.2, -0.15) is 0 Å². The number of carbonyl (C=O) groups excluding carboxylic acids is 2. The molecule has 2 aromatic rings. The van der Waals surface area contributed by atoms with Crippen LogP contribution in [0.4, 0.5) is 10.1 Å². The Kier molecular flexibility index (Phi) is 3.16. The fourth-order valence-electron chi connectivity index (χ4n) is 1.99. The number of carbonyl (C=O) groups is 2. The molecule has 1 aromatic heterocycles. The number of thiophene rings is 1. The van der Waals surface area contributed by atoms with Gasteiger partial charge in [-0.1, -0.05) is 23.7 Å². The Morgan fingerprint density at radius 1 is 1.10 bits per heavy atom. The third-order valence-corrected chi connectivity index (χ3v) is 4.10. The van der Waals surface area contributed by atoms with E-state index in [1.54, 1.807) is 17.5 Å². The normalized spacial score (nSPS) is 15.4. The van der Waals surface area contributed by atoms with Crippen molar-refractivity contribution in [1.82, 2.24) is 0 Å². The molecule has 1 aromatic carbocycles. The van der Waals surface area contributed by atoms with Gasteiger partial charge in [0.15, 0.2) is 0 Å². The fraction of sp³-hybridized carbons (Fsp3) is 0. The molecule has 3 nitrogen and oxygen atoms in total. The van der Waals surface area contributed by atoms with Crippen LogP contribution in [0.15, 0.2) is 46.8 Å². The molecule has 0 atom stereocenters. The Bertz CT molecular complexity index is 739. The number of halogens is 2. The van der Waals surface area contributed by atoms with E-state index in [1.807, 2.05) is 0 Å². The van der Waals surface area contributed by atoms with Crippen LogP contribution in [0.5, 0.6) is 0 Å². The highest BCUT2D eigenvalue weighted by Crippen LogP contribution is 2.36. The lowest BCUT2D eigenvalue weighted by Crippen LogP contribution is -2.31. The zero-order valence-corrected chi connectivity index (χ0v) is 11.5. The van der Waals surface area contributed by atoms with Crippen molar-refractivity contribution in [3.63, 3.8) is 0 Å². The topological polar surface area (TPSA) is 37.4 Å². The molecule has 20 heavy (non-hydrogen) atoms. The summed E-state index contributed by atoms with van der Waals surface area (Å²) in [6, 6.07) is 8.76. The first-order valence-corrected chi connectivity index (χ1v) is 6.93. The third kappa shape index (κ3) is 1.95. The largest absolute Gasteiger partial charge is 0.277 e. The lowest BCUT2D eigenvalue weighted by molar-refractivity contribution is -0.119. The quantitative estimate of drug-likeness (QED) is 0.797. The van der Waals surface area contributed by atoms with E-state index in [2.05, 4.69) is 0 Å². The summed E-state index contributed by atoms with van der Waals surface area (Å²) >= 11 is 7.29. The van der Waals surface area contributed by atoms with E-state index in [1.165, 1.54) is 29.5 Å². The Morgan fingerprint density at radius 2 is 1.90 bits per heavy atom. The highest BCUT2D eigenvalue weighted by molar-refractivity contribution is 7.11. The molecule has 2 heterocycles. The van der Waals surface area contributed by atoms with Gasteiger partial charge in [-0.3, -0.25) is 9.59 Å². The standard InChI is InChI=1S/C14H7ClFNO2S/c15-12-11(10-5-2-6-20-10)13(18)17(14(12)19)9-4-1-3-8(16)7-9/h1-7H. The van der Waals surface area contributed by atoms with Crippen molar-refractivity contribution < 1.29 is 14.0 Å². The number of rotatable bonds is 2. The average molecular weight is 308 g/mol. The van der Waals surface area contributed by atoms with Crippen molar-refractivity contribution in [3.8, 4) is 0 Å². The predicted octanol–water partition coefficient (Wildman–Crippen LogP) is 3.41. The summed E-state index contributed by atoms with van der Waals surface area (Å²) in [4.78, 5) is 26.0. The zero-order chi connectivity index (χ0) is 14.3. The molecule has 0 saturated heterocycles. The smallest absolute Gasteiger partial charge is 0.268 e. The van der Waals surface area contributed by atoms with Crippen LogP contribution >= 0.6 is 22.9 Å². The number of hydrogen-bond acceptors (Lipinski definition) is 3. The molecule has 0 spiro atoms. The van der Waals surface area contributed by atoms with Gasteiger partial charge in [0.25, 0.3) is 11.8 Å². The molecule has 0 N–H and O–H groups in total. The SMILES string of the molecule is O=C1C(Cl)=C(c2cccs2)C(=O)N1c1cccc(F)c1. The minimum Gasteiger partial charge on any atom is -0.268 e. The van der Waals surface area contributed by atoms with E-state index in [4.69, 9.17) is 11.6 Å². The lowest BCUT2D eigenvalue weighted by Gasteiger charge is -2.14. The van der Waals surface area contributed by atoms with Crippen LogP contribution in [0.2, 0.25) is 0 Å². The van der Waals surface area contributed by atoms with E-state index in [9.17, 15) is 14.0 Å². The minimum atomic E-state index is -0.634. The molecule has 0 radical (unpaired) electrons. The van der Waals surface area contributed by atoms with E-state index >= 15 is 0 Å². The van der Waals surface area contributed by atoms with Crippen molar-refractivity contribution in [2.24, 2.45) is 0 Å². The second-order valence-corrected chi connectivity index (χ2v) is 5.42. The van der Waals surface area contributed by atoms with Gasteiger partial charge in [-0.25, -0.2) is 9.29 Å². The highest BCUT2D eigenvalue weighted by Gasteiger charge is 2.39. The average Bonchev–Trinajstić information content (AvgIpc) is 2.99. The molecule has 0 bridgehead atoms. The molecule has 1 aliphatic heterocycles. The second kappa shape index (κ2) is 4.85. The molecule has 0 aliphatic carbocycles. The van der Waals surface area contributed by atoms with Crippen molar-refractivity contribution in [3.05, 3.63) is 57.5 Å².